The number of hydrogen-bond donors (Lipinski definition) is 9. The Morgan fingerprint density at radius 3 is 0.943 bits per heavy atom. The van der Waals surface area contributed by atoms with E-state index in [1.807, 2.05) is 161 Å². The molecule has 7 fully saturated rings. The second-order valence-corrected chi connectivity index (χ2v) is 38.6. The van der Waals surface area contributed by atoms with Crippen LogP contribution in [0.3, 0.4) is 0 Å². The van der Waals surface area contributed by atoms with Gasteiger partial charge in [0.15, 0.2) is 46.6 Å². The second kappa shape index (κ2) is 51.4. The third-order valence-corrected chi connectivity index (χ3v) is 27.4. The van der Waals surface area contributed by atoms with Gasteiger partial charge in [-0.15, -0.1) is 0 Å². The van der Waals surface area contributed by atoms with Crippen molar-refractivity contribution in [3.8, 4) is 0 Å². The van der Waals surface area contributed by atoms with Crippen molar-refractivity contribution < 1.29 is 0 Å². The van der Waals surface area contributed by atoms with Crippen LogP contribution in [0.1, 0.15) is 215 Å². The van der Waals surface area contributed by atoms with Crippen molar-refractivity contribution in [3.05, 3.63) is 268 Å². The number of aryl methyl sites for hydroxylation is 4. The molecule has 0 radical (unpaired) electrons. The summed E-state index contributed by atoms with van der Waals surface area (Å²) in [6.45, 7) is 27.8. The summed E-state index contributed by atoms with van der Waals surface area (Å²) < 4.78 is 0. The van der Waals surface area contributed by atoms with Crippen LogP contribution in [0.4, 0.5) is 75.5 Å². The third-order valence-electron chi connectivity index (χ3n) is 27.4. The lowest BCUT2D eigenvalue weighted by Gasteiger charge is -2.38. The number of aromatic nitrogens is 16. The first-order valence-corrected chi connectivity index (χ1v) is 51.5. The fourth-order valence-electron chi connectivity index (χ4n) is 19.7. The Bertz CT molecular complexity index is 5990. The summed E-state index contributed by atoms with van der Waals surface area (Å²) in [5.41, 5.74) is 10.8. The number of H-pyrrole nitrogens is 4. The van der Waals surface area contributed by atoms with Crippen molar-refractivity contribution in [1.82, 2.24) is 100 Å². The van der Waals surface area contributed by atoms with Crippen molar-refractivity contribution in [2.45, 2.75) is 182 Å². The van der Waals surface area contributed by atoms with E-state index in [2.05, 4.69) is 216 Å². The zero-order chi connectivity index (χ0) is 95.5. The lowest BCUT2D eigenvalue weighted by atomic mass is 9.93. The standard InChI is InChI=1S/C29H33N7.C29H39N7.2C27H35N7/c1-22-19-29(35-34-22)33-28-20-27(31-26(32-28)16-13-23-9-5-4-6-10-23)30-25-14-11-24(12-15-25)21-36-17-7-2-3-8-18-36;1-23-21-28(34-33-23)31-27-22-29(32-26(30-27)12-11-24-9-5-4-6-10-24)36-19-14-25(15-20-36)13-18-35-16-7-2-3-8-17-35;1-21-18-26(32-31-21)29-25-19-27(30-24(28-25)11-10-22-8-4-2-5-9-22)34-16-12-23(13-17-34)20-33-14-6-3-7-15-33;1-21-19-26(32-31-21)29-25-20-27(30-24(28-25)12-11-22-9-5-4-6-10-22)34-17-13-23(14-18-34)33-15-7-2-3-8-16-33/h4-6,9-16,19-20H,2-3,7-8,17-18,21H2,1H3,(H3,30,31,32,33,34,35);4-6,9-12,21-22,25H,2-3,7-8,13-20H2,1H3,(H2,30,31,32,33,34);2,4-5,8-11,18-19,23H,3,6-7,12-17,20H2,1H3,(H2,28,29,30,31,32);4-6,9-12,19-20,23H,2-3,7-8,13-18H2,1H3,(H2,28,29,30,31,32)/b16-13+;12-11+;11-10+;12-11+. The minimum atomic E-state index is 0.608. The largest absolute Gasteiger partial charge is 0.356 e. The van der Waals surface area contributed by atoms with E-state index in [4.69, 9.17) is 34.9 Å². The van der Waals surface area contributed by atoms with Crippen molar-refractivity contribution >= 4 is 124 Å². The minimum Gasteiger partial charge on any atom is -0.356 e. The fraction of sp³-hybridized carbons (Fsp3) is 0.411. The maximum absolute atomic E-state index is 4.93. The molecule has 0 saturated carbocycles. The first-order valence-electron chi connectivity index (χ1n) is 51.5. The van der Waals surface area contributed by atoms with Crippen LogP contribution in [-0.4, -0.2) is 211 Å². The van der Waals surface area contributed by atoms with Crippen LogP contribution in [0.5, 0.6) is 0 Å². The van der Waals surface area contributed by atoms with Gasteiger partial charge in [0.1, 0.15) is 46.5 Å². The van der Waals surface area contributed by atoms with Crippen LogP contribution in [0.25, 0.3) is 48.6 Å². The van der Waals surface area contributed by atoms with E-state index in [1.165, 1.54) is 212 Å². The molecule has 15 heterocycles. The van der Waals surface area contributed by atoms with Crippen molar-refractivity contribution in [2.24, 2.45) is 11.8 Å². The van der Waals surface area contributed by atoms with Crippen LogP contribution in [0.15, 0.2) is 194 Å². The average molecular weight is 1880 g/mol. The maximum Gasteiger partial charge on any atom is 0.156 e. The van der Waals surface area contributed by atoms with Gasteiger partial charge >= 0.3 is 0 Å². The van der Waals surface area contributed by atoms with Gasteiger partial charge in [0.2, 0.25) is 0 Å². The van der Waals surface area contributed by atoms with E-state index in [0.29, 0.717) is 46.8 Å². The van der Waals surface area contributed by atoms with Crippen LogP contribution in [-0.2, 0) is 6.54 Å². The molecule has 0 spiro atoms. The molecule has 730 valence electrons. The first kappa shape index (κ1) is 98.1. The van der Waals surface area contributed by atoms with Gasteiger partial charge in [-0.3, -0.25) is 25.3 Å². The Morgan fingerprint density at radius 2 is 0.586 bits per heavy atom. The van der Waals surface area contributed by atoms with Crippen LogP contribution < -0.4 is 41.3 Å². The smallest absolute Gasteiger partial charge is 0.156 e. The molecule has 9 N–H and O–H groups in total. The molecular weight excluding hydrogens is 1740 g/mol. The molecule has 5 aromatic carbocycles. The summed E-state index contributed by atoms with van der Waals surface area (Å²) in [5, 5.41) is 45.9. The molecule has 0 atom stereocenters. The van der Waals surface area contributed by atoms with Gasteiger partial charge in [0, 0.05) is 135 Å². The molecule has 140 heavy (non-hydrogen) atoms. The van der Waals surface area contributed by atoms with Crippen molar-refractivity contribution in [2.75, 3.05) is 146 Å². The normalized spacial score (nSPS) is 17.2. The molecule has 7 saturated heterocycles. The third kappa shape index (κ3) is 31.2. The van der Waals surface area contributed by atoms with Gasteiger partial charge in [-0.25, -0.2) is 39.9 Å². The van der Waals surface area contributed by atoms with Gasteiger partial charge in [-0.05, 0) is 259 Å². The predicted molar refractivity (Wildman–Crippen MR) is 574 cm³/mol. The highest BCUT2D eigenvalue weighted by molar-refractivity contribution is 5.74. The van der Waals surface area contributed by atoms with E-state index >= 15 is 0 Å². The Labute approximate surface area is 826 Å². The molecule has 13 aromatic rings. The zero-order valence-electron chi connectivity index (χ0n) is 82.4. The van der Waals surface area contributed by atoms with Crippen LogP contribution in [0, 0.1) is 39.5 Å². The monoisotopic (exact) mass is 1880 g/mol. The zero-order valence-corrected chi connectivity index (χ0v) is 82.4. The van der Waals surface area contributed by atoms with E-state index in [-0.39, 0.29) is 0 Å². The molecule has 0 aliphatic carbocycles. The van der Waals surface area contributed by atoms with Crippen molar-refractivity contribution in [3.63, 3.8) is 0 Å². The predicted octanol–water partition coefficient (Wildman–Crippen LogP) is 22.8. The van der Waals surface area contributed by atoms with Crippen LogP contribution >= 0.6 is 0 Å². The SMILES string of the molecule is Cc1cc(Nc2cc(N3CCC(CCN4CCCCCC4)CC3)nc(/C=C/c3ccccc3)n2)n[nH]1.Cc1cc(Nc2cc(N3CCC(CN4CCCCC4)CC3)nc(/C=C/c3ccccc3)n2)n[nH]1.Cc1cc(Nc2cc(N3CCC(N4CCCCCC4)CC3)nc(/C=C/c3ccccc3)n2)n[nH]1.Cc1cc(Nc2cc(Nc3ccc(CN4CCCCCC4)cc3)nc(/C=C/c3ccccc3)n2)n[nH]1. The summed E-state index contributed by atoms with van der Waals surface area (Å²) in [6.07, 6.45) is 45.2. The number of nitrogens with one attached hydrogen (secondary N) is 9. The number of rotatable bonds is 29. The van der Waals surface area contributed by atoms with E-state index in [1.54, 1.807) is 0 Å². The molecule has 20 rings (SSSR count). The van der Waals surface area contributed by atoms with Gasteiger partial charge in [0.05, 0.1) is 0 Å². The summed E-state index contributed by atoms with van der Waals surface area (Å²) >= 11 is 0. The molecule has 8 aromatic heterocycles. The van der Waals surface area contributed by atoms with Gasteiger partial charge in [0.25, 0.3) is 0 Å². The highest BCUT2D eigenvalue weighted by atomic mass is 15.3. The molecule has 7 aliphatic heterocycles. The van der Waals surface area contributed by atoms with E-state index in [9.17, 15) is 0 Å². The molecule has 0 bridgehead atoms. The number of anilines is 13. The molecule has 0 unspecified atom stereocenters. The highest BCUT2D eigenvalue weighted by Crippen LogP contribution is 2.34. The number of hydrogen-bond acceptors (Lipinski definition) is 24. The summed E-state index contributed by atoms with van der Waals surface area (Å²) in [5.74, 6) is 13.9. The van der Waals surface area contributed by atoms with Gasteiger partial charge < -0.3 is 56.0 Å². The fourth-order valence-corrected chi connectivity index (χ4v) is 19.7. The number of benzene rings is 5. The molecule has 7 aliphatic rings. The maximum atomic E-state index is 4.93. The summed E-state index contributed by atoms with van der Waals surface area (Å²) in [4.78, 5) is 56.3. The summed E-state index contributed by atoms with van der Waals surface area (Å²) in [6, 6.07) is 66.3. The molecule has 28 heteroatoms. The minimum absolute atomic E-state index is 0.608. The Kier molecular flexibility index (Phi) is 36.0. The summed E-state index contributed by atoms with van der Waals surface area (Å²) in [7, 11) is 0. The quantitative estimate of drug-likeness (QED) is 0.0210. The first-order chi connectivity index (χ1) is 68.8. The number of aromatic amines is 4. The Morgan fingerprint density at radius 1 is 0.279 bits per heavy atom. The van der Waals surface area contributed by atoms with Crippen molar-refractivity contribution in [1.29, 1.82) is 0 Å². The molecule has 0 amide bonds. The Hall–Kier alpha value is -13.5. The van der Waals surface area contributed by atoms with Gasteiger partial charge in [-0.2, -0.15) is 20.4 Å². The van der Waals surface area contributed by atoms with Gasteiger partial charge in [-0.1, -0.05) is 203 Å². The topological polar surface area (TPSA) is 301 Å². The number of nitrogens with zero attached hydrogens (tertiary/aromatic N) is 19. The van der Waals surface area contributed by atoms with Crippen LogP contribution in [0.2, 0.25) is 0 Å². The average Bonchev–Trinajstić information content (AvgIpc) is 1.08. The number of piperidine rings is 4. The number of likely N-dealkylation sites (tertiary alicyclic amines) is 4. The van der Waals surface area contributed by atoms with E-state index in [0.717, 1.165) is 161 Å². The lowest BCUT2D eigenvalue weighted by molar-refractivity contribution is 0.175. The lowest BCUT2D eigenvalue weighted by Crippen LogP contribution is -2.45. The van der Waals surface area contributed by atoms with E-state index < -0.39 is 0 Å². The highest BCUT2D eigenvalue weighted by Gasteiger charge is 2.29. The molecule has 28 nitrogen and oxygen atoms in total. The Balaban J connectivity index is 0.000000129. The second-order valence-electron chi connectivity index (χ2n) is 38.6. The molecular formula is C112H142N28.